The first-order valence-electron chi connectivity index (χ1n) is 7.64. The smallest absolute Gasteiger partial charge is 0.246 e. The molecule has 0 saturated carbocycles. The summed E-state index contributed by atoms with van der Waals surface area (Å²) in [6, 6.07) is -0.658. The summed E-state index contributed by atoms with van der Waals surface area (Å²) in [7, 11) is 0. The molecule has 0 bridgehead atoms. The Bertz CT molecular complexity index is 329. The number of carbonyl (C=O) groups is 2. The van der Waals surface area contributed by atoms with Crippen LogP contribution < -0.4 is 5.32 Å². The molecule has 19 heavy (non-hydrogen) atoms. The van der Waals surface area contributed by atoms with E-state index in [1.165, 1.54) is 0 Å². The molecular weight excluding hydrogens is 240 g/mol. The molecule has 1 N–H and O–H groups in total. The molecule has 0 radical (unpaired) electrons. The molecule has 2 atom stereocenters. The average molecular weight is 268 g/mol. The van der Waals surface area contributed by atoms with Crippen LogP contribution in [0.5, 0.6) is 0 Å². The Hall–Kier alpha value is -1.06. The van der Waals surface area contributed by atoms with Gasteiger partial charge >= 0.3 is 0 Å². The van der Waals surface area contributed by atoms with Crippen molar-refractivity contribution in [2.24, 2.45) is 0 Å². The molecular formula is C15H28N2O2. The Kier molecular flexibility index (Phi) is 5.39. The van der Waals surface area contributed by atoms with Crippen LogP contribution in [0.1, 0.15) is 66.7 Å². The van der Waals surface area contributed by atoms with Crippen LogP contribution in [0.2, 0.25) is 0 Å². The monoisotopic (exact) mass is 268 g/mol. The number of amides is 2. The quantitative estimate of drug-likeness (QED) is 0.804. The second kappa shape index (κ2) is 6.40. The first-order chi connectivity index (χ1) is 9.01. The second-order valence-electron chi connectivity index (χ2n) is 5.39. The molecule has 110 valence electrons. The Morgan fingerprint density at radius 1 is 1.00 bits per heavy atom. The highest BCUT2D eigenvalue weighted by Crippen LogP contribution is 2.33. The first-order valence-corrected chi connectivity index (χ1v) is 7.64. The average Bonchev–Trinajstić information content (AvgIpc) is 2.44. The SMILES string of the molecule is CCC1NC(=O)C(CC)N(C(CC)(CC)CC)C1=O. The predicted octanol–water partition coefficient (Wildman–Crippen LogP) is 2.47. The Morgan fingerprint density at radius 3 is 1.89 bits per heavy atom. The molecule has 0 aromatic rings. The molecule has 1 aliphatic rings. The van der Waals surface area contributed by atoms with Crippen molar-refractivity contribution < 1.29 is 9.59 Å². The van der Waals surface area contributed by atoms with Crippen LogP contribution in [0.25, 0.3) is 0 Å². The van der Waals surface area contributed by atoms with Crippen LogP contribution in [0, 0.1) is 0 Å². The topological polar surface area (TPSA) is 49.4 Å². The molecule has 1 aliphatic heterocycles. The normalized spacial score (nSPS) is 24.6. The molecule has 2 unspecified atom stereocenters. The van der Waals surface area contributed by atoms with Crippen molar-refractivity contribution in [2.45, 2.75) is 84.3 Å². The minimum Gasteiger partial charge on any atom is -0.343 e. The van der Waals surface area contributed by atoms with Crippen molar-refractivity contribution in [1.82, 2.24) is 10.2 Å². The fraction of sp³-hybridized carbons (Fsp3) is 0.867. The van der Waals surface area contributed by atoms with Crippen LogP contribution in [-0.2, 0) is 9.59 Å². The zero-order valence-electron chi connectivity index (χ0n) is 13.0. The van der Waals surface area contributed by atoms with Crippen molar-refractivity contribution in [3.05, 3.63) is 0 Å². The van der Waals surface area contributed by atoms with E-state index in [-0.39, 0.29) is 29.4 Å². The van der Waals surface area contributed by atoms with E-state index in [1.54, 1.807) is 0 Å². The maximum atomic E-state index is 12.7. The van der Waals surface area contributed by atoms with Gasteiger partial charge in [0.15, 0.2) is 0 Å². The summed E-state index contributed by atoms with van der Waals surface area (Å²) in [5.41, 5.74) is -0.178. The first kappa shape index (κ1) is 16.0. The van der Waals surface area contributed by atoms with Gasteiger partial charge in [0.1, 0.15) is 12.1 Å². The van der Waals surface area contributed by atoms with Crippen molar-refractivity contribution in [3.8, 4) is 0 Å². The summed E-state index contributed by atoms with van der Waals surface area (Å²) in [4.78, 5) is 26.8. The maximum Gasteiger partial charge on any atom is 0.246 e. The summed E-state index contributed by atoms with van der Waals surface area (Å²) >= 11 is 0. The van der Waals surface area contributed by atoms with Crippen molar-refractivity contribution in [1.29, 1.82) is 0 Å². The van der Waals surface area contributed by atoms with Crippen LogP contribution in [0.3, 0.4) is 0 Å². The summed E-state index contributed by atoms with van der Waals surface area (Å²) in [5.74, 6) is 0.105. The second-order valence-corrected chi connectivity index (χ2v) is 5.39. The number of hydrogen-bond donors (Lipinski definition) is 1. The van der Waals surface area contributed by atoms with E-state index < -0.39 is 0 Å². The van der Waals surface area contributed by atoms with Gasteiger partial charge in [-0.15, -0.1) is 0 Å². The minimum atomic E-state index is -0.348. The van der Waals surface area contributed by atoms with Crippen LogP contribution >= 0.6 is 0 Å². The van der Waals surface area contributed by atoms with Gasteiger partial charge in [0.25, 0.3) is 0 Å². The fourth-order valence-corrected chi connectivity index (χ4v) is 3.24. The van der Waals surface area contributed by atoms with E-state index >= 15 is 0 Å². The lowest BCUT2D eigenvalue weighted by molar-refractivity contribution is -0.158. The predicted molar refractivity (Wildman–Crippen MR) is 76.8 cm³/mol. The molecule has 0 aromatic heterocycles. The molecule has 2 amide bonds. The van der Waals surface area contributed by atoms with E-state index in [4.69, 9.17) is 0 Å². The lowest BCUT2D eigenvalue weighted by Crippen LogP contribution is -2.69. The highest BCUT2D eigenvalue weighted by molar-refractivity contribution is 5.97. The molecule has 0 aromatic carbocycles. The number of rotatable bonds is 6. The van der Waals surface area contributed by atoms with Gasteiger partial charge in [-0.05, 0) is 32.1 Å². The van der Waals surface area contributed by atoms with E-state index in [1.807, 2.05) is 18.7 Å². The van der Waals surface area contributed by atoms with Gasteiger partial charge in [0.05, 0.1) is 0 Å². The van der Waals surface area contributed by atoms with Gasteiger partial charge in [0.2, 0.25) is 11.8 Å². The zero-order chi connectivity index (χ0) is 14.6. The summed E-state index contributed by atoms with van der Waals surface area (Å²) in [6.45, 7) is 10.3. The van der Waals surface area contributed by atoms with Crippen molar-refractivity contribution in [2.75, 3.05) is 0 Å². The minimum absolute atomic E-state index is 0.00803. The highest BCUT2D eigenvalue weighted by Gasteiger charge is 2.47. The van der Waals surface area contributed by atoms with E-state index in [0.29, 0.717) is 12.8 Å². The van der Waals surface area contributed by atoms with Gasteiger partial charge in [0, 0.05) is 5.54 Å². The summed E-state index contributed by atoms with van der Waals surface area (Å²) in [6.07, 6.45) is 4.02. The number of piperazine rings is 1. The molecule has 0 spiro atoms. The standard InChI is InChI=1S/C15H28N2O2/c1-6-11-14(19)17(12(7-2)13(18)16-11)15(8-3,9-4)10-5/h11-12H,6-10H2,1-5H3,(H,16,18). The molecule has 1 saturated heterocycles. The third-order valence-corrected chi connectivity index (χ3v) is 4.75. The number of hydrogen-bond acceptors (Lipinski definition) is 2. The van der Waals surface area contributed by atoms with Crippen molar-refractivity contribution in [3.63, 3.8) is 0 Å². The highest BCUT2D eigenvalue weighted by atomic mass is 16.2. The zero-order valence-corrected chi connectivity index (χ0v) is 13.0. The van der Waals surface area contributed by atoms with E-state index in [9.17, 15) is 9.59 Å². The van der Waals surface area contributed by atoms with Gasteiger partial charge < -0.3 is 10.2 Å². The number of nitrogens with one attached hydrogen (secondary N) is 1. The molecule has 1 rings (SSSR count). The van der Waals surface area contributed by atoms with Gasteiger partial charge in [-0.2, -0.15) is 0 Å². The Morgan fingerprint density at radius 2 is 1.53 bits per heavy atom. The molecule has 4 nitrogen and oxygen atoms in total. The van der Waals surface area contributed by atoms with E-state index in [0.717, 1.165) is 19.3 Å². The lowest BCUT2D eigenvalue weighted by Gasteiger charge is -2.50. The Balaban J connectivity index is 3.22. The molecule has 1 fully saturated rings. The summed E-state index contributed by atoms with van der Waals surface area (Å²) in [5, 5.41) is 2.86. The van der Waals surface area contributed by atoms with Crippen LogP contribution in [0.15, 0.2) is 0 Å². The van der Waals surface area contributed by atoms with Gasteiger partial charge in [-0.25, -0.2) is 0 Å². The third kappa shape index (κ3) is 2.63. The van der Waals surface area contributed by atoms with Crippen molar-refractivity contribution >= 4 is 11.8 Å². The number of carbonyl (C=O) groups excluding carboxylic acids is 2. The largest absolute Gasteiger partial charge is 0.343 e. The summed E-state index contributed by atoms with van der Waals surface area (Å²) < 4.78 is 0. The van der Waals surface area contributed by atoms with Gasteiger partial charge in [-0.3, -0.25) is 9.59 Å². The molecule has 0 aliphatic carbocycles. The van der Waals surface area contributed by atoms with Gasteiger partial charge in [-0.1, -0.05) is 34.6 Å². The number of nitrogens with zero attached hydrogens (tertiary/aromatic N) is 1. The fourth-order valence-electron chi connectivity index (χ4n) is 3.24. The Labute approximate surface area is 116 Å². The lowest BCUT2D eigenvalue weighted by atomic mass is 9.83. The van der Waals surface area contributed by atoms with Crippen LogP contribution in [0.4, 0.5) is 0 Å². The third-order valence-electron chi connectivity index (χ3n) is 4.75. The maximum absolute atomic E-state index is 12.7. The molecule has 4 heteroatoms. The van der Waals surface area contributed by atoms with Crippen LogP contribution in [-0.4, -0.2) is 34.3 Å². The molecule has 1 heterocycles. The van der Waals surface area contributed by atoms with E-state index in [2.05, 4.69) is 26.1 Å².